The van der Waals surface area contributed by atoms with Gasteiger partial charge in [0.1, 0.15) is 25.3 Å². The van der Waals surface area contributed by atoms with Crippen molar-refractivity contribution in [2.45, 2.75) is 38.1 Å². The average molecular weight is 426 g/mol. The fourth-order valence-electron chi connectivity index (χ4n) is 3.39. The van der Waals surface area contributed by atoms with Gasteiger partial charge in [-0.1, -0.05) is 60.7 Å². The van der Waals surface area contributed by atoms with Crippen molar-refractivity contribution >= 4 is 18.0 Å². The maximum atomic E-state index is 12.9. The third kappa shape index (κ3) is 6.29. The smallest absolute Gasteiger partial charge is 0.408 e. The van der Waals surface area contributed by atoms with Crippen LogP contribution in [0.2, 0.25) is 0 Å². The first-order valence-corrected chi connectivity index (χ1v) is 10.2. The number of carbonyl (C=O) groups excluding carboxylic acids is 3. The van der Waals surface area contributed by atoms with Gasteiger partial charge in [0.25, 0.3) is 0 Å². The van der Waals surface area contributed by atoms with Gasteiger partial charge < -0.3 is 24.8 Å². The molecule has 2 amide bonds. The van der Waals surface area contributed by atoms with Gasteiger partial charge in [0.05, 0.1) is 6.61 Å². The maximum absolute atomic E-state index is 12.9. The van der Waals surface area contributed by atoms with Crippen molar-refractivity contribution in [3.8, 4) is 0 Å². The van der Waals surface area contributed by atoms with Crippen LogP contribution >= 0.6 is 0 Å². The molecule has 1 aliphatic heterocycles. The van der Waals surface area contributed by atoms with E-state index in [4.69, 9.17) is 9.47 Å². The molecule has 2 aromatic carbocycles. The first kappa shape index (κ1) is 22.3. The number of hydrogen-bond donors (Lipinski definition) is 2. The van der Waals surface area contributed by atoms with E-state index in [9.17, 15) is 19.5 Å². The Hall–Kier alpha value is -3.39. The van der Waals surface area contributed by atoms with Gasteiger partial charge >= 0.3 is 12.1 Å². The molecule has 31 heavy (non-hydrogen) atoms. The van der Waals surface area contributed by atoms with Crippen LogP contribution in [0.1, 0.15) is 24.0 Å². The number of nitrogens with zero attached hydrogens (tertiary/aromatic N) is 1. The predicted octanol–water partition coefficient (Wildman–Crippen LogP) is 2.01. The van der Waals surface area contributed by atoms with Crippen molar-refractivity contribution in [2.24, 2.45) is 0 Å². The van der Waals surface area contributed by atoms with Crippen LogP contribution in [0.25, 0.3) is 0 Å². The largest absolute Gasteiger partial charge is 0.459 e. The number of rotatable bonds is 8. The monoisotopic (exact) mass is 426 g/mol. The maximum Gasteiger partial charge on any atom is 0.408 e. The minimum absolute atomic E-state index is 0.0389. The van der Waals surface area contributed by atoms with Crippen molar-refractivity contribution < 1.29 is 29.0 Å². The summed E-state index contributed by atoms with van der Waals surface area (Å²) >= 11 is 0. The highest BCUT2D eigenvalue weighted by Gasteiger charge is 2.38. The molecule has 0 unspecified atom stereocenters. The zero-order chi connectivity index (χ0) is 22.1. The summed E-state index contributed by atoms with van der Waals surface area (Å²) in [4.78, 5) is 38.8. The van der Waals surface area contributed by atoms with Crippen LogP contribution in [0.15, 0.2) is 60.7 Å². The summed E-state index contributed by atoms with van der Waals surface area (Å²) in [5.41, 5.74) is 1.65. The van der Waals surface area contributed by atoms with E-state index in [-0.39, 0.29) is 13.2 Å². The van der Waals surface area contributed by atoms with Crippen molar-refractivity contribution in [1.82, 2.24) is 10.2 Å². The third-order valence-corrected chi connectivity index (χ3v) is 5.02. The number of likely N-dealkylation sites (tertiary alicyclic amines) is 1. The first-order chi connectivity index (χ1) is 15.1. The molecule has 2 aromatic rings. The minimum atomic E-state index is -1.20. The highest BCUT2D eigenvalue weighted by atomic mass is 16.5. The number of aliphatic hydroxyl groups is 1. The van der Waals surface area contributed by atoms with Gasteiger partial charge in [-0.25, -0.2) is 9.59 Å². The summed E-state index contributed by atoms with van der Waals surface area (Å²) in [6.45, 7) is -0.106. The quantitative estimate of drug-likeness (QED) is 0.626. The Labute approximate surface area is 180 Å². The van der Waals surface area contributed by atoms with E-state index in [1.54, 1.807) is 12.1 Å². The van der Waals surface area contributed by atoms with Gasteiger partial charge in [-0.15, -0.1) is 0 Å². The van der Waals surface area contributed by atoms with E-state index in [2.05, 4.69) is 5.32 Å². The molecular weight excluding hydrogens is 400 g/mol. The summed E-state index contributed by atoms with van der Waals surface area (Å²) in [7, 11) is 0. The van der Waals surface area contributed by atoms with Crippen LogP contribution in [-0.2, 0) is 32.3 Å². The van der Waals surface area contributed by atoms with E-state index < -0.39 is 36.7 Å². The van der Waals surface area contributed by atoms with Crippen molar-refractivity contribution in [3.05, 3.63) is 71.8 Å². The normalized spacial score (nSPS) is 16.4. The van der Waals surface area contributed by atoms with Crippen molar-refractivity contribution in [2.75, 3.05) is 13.2 Å². The van der Waals surface area contributed by atoms with Crippen LogP contribution in [0.5, 0.6) is 0 Å². The summed E-state index contributed by atoms with van der Waals surface area (Å²) in [6, 6.07) is 16.4. The number of aliphatic hydroxyl groups excluding tert-OH is 1. The van der Waals surface area contributed by atoms with Gasteiger partial charge in [-0.3, -0.25) is 4.79 Å². The number of esters is 1. The van der Waals surface area contributed by atoms with E-state index in [1.807, 2.05) is 48.5 Å². The zero-order valence-electron chi connectivity index (χ0n) is 17.1. The molecule has 164 valence electrons. The number of nitrogens with one attached hydrogen (secondary N) is 1. The number of hydrogen-bond acceptors (Lipinski definition) is 6. The highest BCUT2D eigenvalue weighted by Crippen LogP contribution is 2.20. The fourth-order valence-corrected chi connectivity index (χ4v) is 3.39. The SMILES string of the molecule is O=C(N[C@H](CO)C(=O)N1CCC[C@@H]1C(=O)OCc1ccccc1)OCc1ccccc1. The molecule has 1 heterocycles. The van der Waals surface area contributed by atoms with Gasteiger partial charge in [0.2, 0.25) is 5.91 Å². The van der Waals surface area contributed by atoms with Crippen LogP contribution in [0.3, 0.4) is 0 Å². The molecule has 0 radical (unpaired) electrons. The molecule has 0 aliphatic carbocycles. The molecule has 8 heteroatoms. The number of amides is 2. The Kier molecular flexibility index (Phi) is 8.00. The molecule has 0 saturated carbocycles. The van der Waals surface area contributed by atoms with Gasteiger partial charge in [0, 0.05) is 6.54 Å². The standard InChI is InChI=1S/C23H26N2O6/c26-14-19(24-23(29)31-16-18-10-5-2-6-11-18)21(27)25-13-7-12-20(25)22(28)30-15-17-8-3-1-4-9-17/h1-6,8-11,19-20,26H,7,12-16H2,(H,24,29)/t19-,20-/m1/s1. The van der Waals surface area contributed by atoms with Crippen LogP contribution in [0, 0.1) is 0 Å². The summed E-state index contributed by atoms with van der Waals surface area (Å²) in [6.07, 6.45) is 0.280. The van der Waals surface area contributed by atoms with E-state index in [0.29, 0.717) is 19.4 Å². The zero-order valence-corrected chi connectivity index (χ0v) is 17.1. The second kappa shape index (κ2) is 11.1. The molecule has 1 saturated heterocycles. The van der Waals surface area contributed by atoms with Crippen molar-refractivity contribution in [1.29, 1.82) is 0 Å². The number of alkyl carbamates (subject to hydrolysis) is 1. The number of carbonyl (C=O) groups is 3. The Bertz CT molecular complexity index is 874. The Morgan fingerprint density at radius 3 is 2.13 bits per heavy atom. The number of ether oxygens (including phenoxy) is 2. The second-order valence-corrected chi connectivity index (χ2v) is 7.22. The molecule has 2 atom stereocenters. The summed E-state index contributed by atoms with van der Waals surface area (Å²) in [5, 5.41) is 12.0. The fraction of sp³-hybridized carbons (Fsp3) is 0.348. The lowest BCUT2D eigenvalue weighted by Gasteiger charge is -2.27. The van der Waals surface area contributed by atoms with Crippen LogP contribution in [-0.4, -0.2) is 53.2 Å². The van der Waals surface area contributed by atoms with E-state index >= 15 is 0 Å². The molecule has 0 aromatic heterocycles. The predicted molar refractivity (Wildman–Crippen MR) is 112 cm³/mol. The Morgan fingerprint density at radius 2 is 1.55 bits per heavy atom. The minimum Gasteiger partial charge on any atom is -0.459 e. The Balaban J connectivity index is 1.53. The number of benzene rings is 2. The molecule has 0 spiro atoms. The molecular formula is C23H26N2O6. The van der Waals surface area contributed by atoms with E-state index in [0.717, 1.165) is 11.1 Å². The highest BCUT2D eigenvalue weighted by molar-refractivity contribution is 5.90. The molecule has 8 nitrogen and oxygen atoms in total. The molecule has 1 aliphatic rings. The molecule has 2 N–H and O–H groups in total. The second-order valence-electron chi connectivity index (χ2n) is 7.22. The summed E-state index contributed by atoms with van der Waals surface area (Å²) in [5.74, 6) is -1.05. The van der Waals surface area contributed by atoms with Gasteiger partial charge in [-0.2, -0.15) is 0 Å². The molecule has 3 rings (SSSR count). The molecule has 0 bridgehead atoms. The van der Waals surface area contributed by atoms with Gasteiger partial charge in [0.15, 0.2) is 0 Å². The van der Waals surface area contributed by atoms with Gasteiger partial charge in [-0.05, 0) is 24.0 Å². The molecule has 1 fully saturated rings. The van der Waals surface area contributed by atoms with Crippen molar-refractivity contribution in [3.63, 3.8) is 0 Å². The first-order valence-electron chi connectivity index (χ1n) is 10.2. The Morgan fingerprint density at radius 1 is 0.968 bits per heavy atom. The average Bonchev–Trinajstić information content (AvgIpc) is 3.30. The van der Waals surface area contributed by atoms with Crippen LogP contribution in [0.4, 0.5) is 4.79 Å². The third-order valence-electron chi connectivity index (χ3n) is 5.02. The lowest BCUT2D eigenvalue weighted by molar-refractivity contribution is -0.155. The lowest BCUT2D eigenvalue weighted by Crippen LogP contribution is -2.53. The summed E-state index contributed by atoms with van der Waals surface area (Å²) < 4.78 is 10.5. The lowest BCUT2D eigenvalue weighted by atomic mass is 10.2. The topological polar surface area (TPSA) is 105 Å². The van der Waals surface area contributed by atoms with Crippen LogP contribution < -0.4 is 5.32 Å². The van der Waals surface area contributed by atoms with E-state index in [1.165, 1.54) is 4.90 Å².